The minimum Gasteiger partial charge on any atom is -0.335 e. The molecule has 0 aromatic heterocycles. The Kier molecular flexibility index (Phi) is 3.29. The maximum atomic E-state index is 11.9. The van der Waals surface area contributed by atoms with Gasteiger partial charge in [-0.3, -0.25) is 0 Å². The summed E-state index contributed by atoms with van der Waals surface area (Å²) < 4.78 is 0. The highest BCUT2D eigenvalue weighted by Crippen LogP contribution is 2.34. The molecular weight excluding hydrogens is 188 g/mol. The zero-order valence-corrected chi connectivity index (χ0v) is 9.24. The van der Waals surface area contributed by atoms with Crippen molar-refractivity contribution in [3.63, 3.8) is 0 Å². The summed E-state index contributed by atoms with van der Waals surface area (Å²) in [6, 6.07) is 1.14. The molecule has 2 rings (SSSR count). The zero-order chi connectivity index (χ0) is 10.7. The van der Waals surface area contributed by atoms with Crippen molar-refractivity contribution in [3.8, 4) is 0 Å². The van der Waals surface area contributed by atoms with Crippen LogP contribution in [0.25, 0.3) is 0 Å². The second-order valence-electron chi connectivity index (χ2n) is 4.55. The van der Waals surface area contributed by atoms with Gasteiger partial charge >= 0.3 is 6.03 Å². The first-order valence-electron chi connectivity index (χ1n) is 6.00. The minimum absolute atomic E-state index is 0.115. The molecule has 2 aliphatic carbocycles. The van der Waals surface area contributed by atoms with E-state index < -0.39 is 0 Å². The Morgan fingerprint density at radius 2 is 1.87 bits per heavy atom. The van der Waals surface area contributed by atoms with Gasteiger partial charge in [0.1, 0.15) is 0 Å². The van der Waals surface area contributed by atoms with Crippen molar-refractivity contribution in [2.75, 3.05) is 6.54 Å². The maximum absolute atomic E-state index is 11.9. The first-order chi connectivity index (χ1) is 7.33. The Balaban J connectivity index is 1.92. The van der Waals surface area contributed by atoms with Crippen molar-refractivity contribution in [3.05, 3.63) is 12.7 Å². The monoisotopic (exact) mass is 208 g/mol. The molecule has 0 atom stereocenters. The second-order valence-corrected chi connectivity index (χ2v) is 4.55. The fraction of sp³-hybridized carbons (Fsp3) is 0.750. The molecule has 0 radical (unpaired) electrons. The molecule has 2 fully saturated rings. The van der Waals surface area contributed by atoms with Crippen molar-refractivity contribution in [2.45, 2.75) is 50.6 Å². The molecular formula is C12H20N2O. The van der Waals surface area contributed by atoms with Gasteiger partial charge in [-0.05, 0) is 25.7 Å². The topological polar surface area (TPSA) is 32.3 Å². The SMILES string of the molecule is C=CCNC(=O)N(C1CCCC1)C1CC1. The summed E-state index contributed by atoms with van der Waals surface area (Å²) in [6.07, 6.45) is 9.06. The quantitative estimate of drug-likeness (QED) is 0.706. The molecule has 0 saturated heterocycles. The molecule has 3 heteroatoms. The lowest BCUT2D eigenvalue weighted by Gasteiger charge is -2.29. The third-order valence-corrected chi connectivity index (χ3v) is 3.29. The maximum Gasteiger partial charge on any atom is 0.318 e. The van der Waals surface area contributed by atoms with E-state index in [0.29, 0.717) is 18.6 Å². The number of nitrogens with one attached hydrogen (secondary N) is 1. The van der Waals surface area contributed by atoms with Crippen LogP contribution in [0.2, 0.25) is 0 Å². The van der Waals surface area contributed by atoms with Crippen LogP contribution in [-0.2, 0) is 0 Å². The molecule has 0 aliphatic heterocycles. The molecule has 0 heterocycles. The van der Waals surface area contributed by atoms with E-state index in [9.17, 15) is 4.79 Å². The molecule has 0 bridgehead atoms. The molecule has 1 N–H and O–H groups in total. The lowest BCUT2D eigenvalue weighted by molar-refractivity contribution is 0.172. The summed E-state index contributed by atoms with van der Waals surface area (Å²) in [5.74, 6) is 0. The van der Waals surface area contributed by atoms with Crippen LogP contribution in [0, 0.1) is 0 Å². The first kappa shape index (κ1) is 10.5. The van der Waals surface area contributed by atoms with Gasteiger partial charge in [-0.1, -0.05) is 18.9 Å². The van der Waals surface area contributed by atoms with E-state index in [4.69, 9.17) is 0 Å². The average Bonchev–Trinajstić information content (AvgIpc) is 2.91. The lowest BCUT2D eigenvalue weighted by Crippen LogP contribution is -2.46. The van der Waals surface area contributed by atoms with Crippen LogP contribution in [-0.4, -0.2) is 29.6 Å². The Labute approximate surface area is 91.5 Å². The van der Waals surface area contributed by atoms with Crippen LogP contribution in [0.15, 0.2) is 12.7 Å². The van der Waals surface area contributed by atoms with E-state index in [1.54, 1.807) is 6.08 Å². The summed E-state index contributed by atoms with van der Waals surface area (Å²) in [5, 5.41) is 2.90. The zero-order valence-electron chi connectivity index (χ0n) is 9.24. The van der Waals surface area contributed by atoms with Gasteiger partial charge in [0.25, 0.3) is 0 Å². The summed E-state index contributed by atoms with van der Waals surface area (Å²) in [6.45, 7) is 4.19. The molecule has 3 nitrogen and oxygen atoms in total. The second kappa shape index (κ2) is 4.69. The van der Waals surface area contributed by atoms with E-state index in [0.717, 1.165) is 0 Å². The van der Waals surface area contributed by atoms with Gasteiger partial charge in [0.2, 0.25) is 0 Å². The van der Waals surface area contributed by atoms with Gasteiger partial charge in [0.15, 0.2) is 0 Å². The van der Waals surface area contributed by atoms with E-state index in [2.05, 4.69) is 16.8 Å². The van der Waals surface area contributed by atoms with Crippen molar-refractivity contribution < 1.29 is 4.79 Å². The number of rotatable bonds is 4. The summed E-state index contributed by atoms with van der Waals surface area (Å²) in [5.41, 5.74) is 0. The Morgan fingerprint density at radius 1 is 1.27 bits per heavy atom. The molecule has 2 saturated carbocycles. The van der Waals surface area contributed by atoms with Crippen LogP contribution < -0.4 is 5.32 Å². The highest BCUT2D eigenvalue weighted by atomic mass is 16.2. The van der Waals surface area contributed by atoms with Gasteiger partial charge in [0.05, 0.1) is 0 Å². The lowest BCUT2D eigenvalue weighted by atomic mass is 10.2. The minimum atomic E-state index is 0.115. The molecule has 0 spiro atoms. The van der Waals surface area contributed by atoms with Crippen molar-refractivity contribution in [1.82, 2.24) is 10.2 Å². The highest BCUT2D eigenvalue weighted by Gasteiger charge is 2.38. The Hall–Kier alpha value is -0.990. The predicted molar refractivity (Wildman–Crippen MR) is 60.7 cm³/mol. The van der Waals surface area contributed by atoms with Gasteiger partial charge < -0.3 is 10.2 Å². The van der Waals surface area contributed by atoms with Crippen LogP contribution >= 0.6 is 0 Å². The van der Waals surface area contributed by atoms with Gasteiger partial charge in [-0.25, -0.2) is 4.79 Å². The fourth-order valence-electron chi connectivity index (χ4n) is 2.42. The fourth-order valence-corrected chi connectivity index (χ4v) is 2.42. The molecule has 0 aromatic carbocycles. The number of nitrogens with zero attached hydrogens (tertiary/aromatic N) is 1. The molecule has 84 valence electrons. The van der Waals surface area contributed by atoms with Gasteiger partial charge in [-0.15, -0.1) is 6.58 Å². The largest absolute Gasteiger partial charge is 0.335 e. The number of hydrogen-bond donors (Lipinski definition) is 1. The third-order valence-electron chi connectivity index (χ3n) is 3.29. The molecule has 2 amide bonds. The number of carbonyl (C=O) groups is 1. The smallest absolute Gasteiger partial charge is 0.318 e. The van der Waals surface area contributed by atoms with Gasteiger partial charge in [-0.2, -0.15) is 0 Å². The first-order valence-corrected chi connectivity index (χ1v) is 6.00. The average molecular weight is 208 g/mol. The summed E-state index contributed by atoms with van der Waals surface area (Å²) in [7, 11) is 0. The van der Waals surface area contributed by atoms with E-state index in [1.807, 2.05) is 0 Å². The molecule has 15 heavy (non-hydrogen) atoms. The van der Waals surface area contributed by atoms with Crippen molar-refractivity contribution in [1.29, 1.82) is 0 Å². The van der Waals surface area contributed by atoms with Crippen LogP contribution in [0.3, 0.4) is 0 Å². The van der Waals surface area contributed by atoms with Gasteiger partial charge in [0, 0.05) is 18.6 Å². The standard InChI is InChI=1S/C12H20N2O/c1-2-9-13-12(15)14(11-7-8-11)10-5-3-4-6-10/h2,10-11H,1,3-9H2,(H,13,15). The molecule has 0 unspecified atom stereocenters. The number of carbonyl (C=O) groups excluding carboxylic acids is 1. The third kappa shape index (κ3) is 2.52. The normalized spacial score (nSPS) is 21.3. The van der Waals surface area contributed by atoms with E-state index in [1.165, 1.54) is 38.5 Å². The molecule has 2 aliphatic rings. The Morgan fingerprint density at radius 3 is 2.40 bits per heavy atom. The van der Waals surface area contributed by atoms with Crippen LogP contribution in [0.4, 0.5) is 4.79 Å². The van der Waals surface area contributed by atoms with E-state index in [-0.39, 0.29) is 6.03 Å². The molecule has 0 aromatic rings. The van der Waals surface area contributed by atoms with Crippen LogP contribution in [0.5, 0.6) is 0 Å². The highest BCUT2D eigenvalue weighted by molar-refractivity contribution is 5.75. The number of amides is 2. The number of hydrogen-bond acceptors (Lipinski definition) is 1. The van der Waals surface area contributed by atoms with Crippen molar-refractivity contribution >= 4 is 6.03 Å². The number of urea groups is 1. The predicted octanol–water partition coefficient (Wildman–Crippen LogP) is 2.29. The summed E-state index contributed by atoms with van der Waals surface area (Å²) in [4.78, 5) is 14.0. The van der Waals surface area contributed by atoms with Crippen LogP contribution in [0.1, 0.15) is 38.5 Å². The Bertz CT molecular complexity index is 242. The summed E-state index contributed by atoms with van der Waals surface area (Å²) >= 11 is 0. The van der Waals surface area contributed by atoms with Crippen molar-refractivity contribution in [2.24, 2.45) is 0 Å². The van der Waals surface area contributed by atoms with E-state index >= 15 is 0 Å².